The highest BCUT2D eigenvalue weighted by molar-refractivity contribution is 8.13. The van der Waals surface area contributed by atoms with E-state index >= 15 is 0 Å². The third-order valence-electron chi connectivity index (χ3n) is 3.98. The number of rotatable bonds is 8. The Bertz CT molecular complexity index is 1030. The molecular weight excluding hydrogens is 467 g/mol. The van der Waals surface area contributed by atoms with Gasteiger partial charge in [-0.2, -0.15) is 13.2 Å². The lowest BCUT2D eigenvalue weighted by Gasteiger charge is -2.14. The summed E-state index contributed by atoms with van der Waals surface area (Å²) in [5.41, 5.74) is -0.967. The molecule has 8 nitrogen and oxygen atoms in total. The van der Waals surface area contributed by atoms with E-state index in [2.05, 4.69) is 5.32 Å². The summed E-state index contributed by atoms with van der Waals surface area (Å²) in [6.07, 6.45) is -4.78. The number of hydrogen-bond acceptors (Lipinski definition) is 7. The van der Waals surface area contributed by atoms with Crippen molar-refractivity contribution in [2.45, 2.75) is 25.7 Å². The van der Waals surface area contributed by atoms with Gasteiger partial charge in [0, 0.05) is 12.7 Å². The van der Waals surface area contributed by atoms with E-state index in [1.54, 1.807) is 30.3 Å². The normalized spacial score (nSPS) is 11.9. The first-order valence-corrected chi connectivity index (χ1v) is 10.2. The maximum Gasteiger partial charge on any atom is 0.416 e. The van der Waals surface area contributed by atoms with Crippen LogP contribution < -0.4 is 10.1 Å². The molecule has 176 valence electrons. The zero-order chi connectivity index (χ0) is 24.6. The van der Waals surface area contributed by atoms with Gasteiger partial charge in [0.2, 0.25) is 5.91 Å². The summed E-state index contributed by atoms with van der Waals surface area (Å²) in [6.45, 7) is 0.911. The van der Waals surface area contributed by atoms with Crippen LogP contribution in [0.4, 0.5) is 18.0 Å². The first kappa shape index (κ1) is 25.7. The molecule has 0 aliphatic rings. The van der Waals surface area contributed by atoms with Gasteiger partial charge in [-0.1, -0.05) is 30.3 Å². The summed E-state index contributed by atoms with van der Waals surface area (Å²) < 4.78 is 49.3. The molecule has 0 bridgehead atoms. The Morgan fingerprint density at radius 1 is 1.09 bits per heavy atom. The minimum atomic E-state index is -4.78. The van der Waals surface area contributed by atoms with Gasteiger partial charge in [0.25, 0.3) is 0 Å². The first-order chi connectivity index (χ1) is 15.5. The quantitative estimate of drug-likeness (QED) is 0.541. The van der Waals surface area contributed by atoms with E-state index in [9.17, 15) is 32.3 Å². The average Bonchev–Trinajstić information content (AvgIpc) is 2.74. The van der Waals surface area contributed by atoms with Gasteiger partial charge >= 0.3 is 23.4 Å². The van der Waals surface area contributed by atoms with Gasteiger partial charge in [0.05, 0.1) is 5.56 Å². The van der Waals surface area contributed by atoms with Crippen LogP contribution >= 0.6 is 11.8 Å². The van der Waals surface area contributed by atoms with Crippen molar-refractivity contribution in [1.29, 1.82) is 0 Å². The van der Waals surface area contributed by atoms with E-state index in [0.29, 0.717) is 29.5 Å². The van der Waals surface area contributed by atoms with Gasteiger partial charge < -0.3 is 19.9 Å². The smallest absolute Gasteiger partial charge is 0.416 e. The largest absolute Gasteiger partial charge is 0.480 e. The summed E-state index contributed by atoms with van der Waals surface area (Å²) in [4.78, 5) is 46.8. The molecule has 0 aliphatic carbocycles. The Kier molecular flexibility index (Phi) is 8.85. The monoisotopic (exact) mass is 485 g/mol. The van der Waals surface area contributed by atoms with Crippen LogP contribution in [0.1, 0.15) is 28.4 Å². The van der Waals surface area contributed by atoms with Crippen molar-refractivity contribution in [1.82, 2.24) is 5.32 Å². The SMILES string of the molecule is CC(=O)NC(CSC(=O)Oc1cc(C(F)(F)F)ccc1C(=O)OCc1ccccc1)C(=O)O. The molecule has 2 aromatic rings. The molecule has 1 atom stereocenters. The molecule has 0 spiro atoms. The van der Waals surface area contributed by atoms with Gasteiger partial charge in [0.1, 0.15) is 24.0 Å². The lowest BCUT2D eigenvalue weighted by molar-refractivity contribution is -0.140. The predicted molar refractivity (Wildman–Crippen MR) is 111 cm³/mol. The van der Waals surface area contributed by atoms with E-state index in [4.69, 9.17) is 14.6 Å². The summed E-state index contributed by atoms with van der Waals surface area (Å²) in [6, 6.07) is 9.00. The molecule has 1 amide bonds. The molecule has 1 unspecified atom stereocenters. The molecule has 0 fully saturated rings. The molecule has 0 heterocycles. The highest BCUT2D eigenvalue weighted by atomic mass is 32.2. The molecule has 12 heteroatoms. The van der Waals surface area contributed by atoms with Crippen LogP contribution in [0.3, 0.4) is 0 Å². The lowest BCUT2D eigenvalue weighted by Crippen LogP contribution is -2.41. The molecule has 0 saturated carbocycles. The molecule has 0 radical (unpaired) electrons. The number of carbonyl (C=O) groups excluding carboxylic acids is 3. The fourth-order valence-corrected chi connectivity index (χ4v) is 3.12. The lowest BCUT2D eigenvalue weighted by atomic mass is 10.1. The van der Waals surface area contributed by atoms with E-state index in [1.165, 1.54) is 0 Å². The van der Waals surface area contributed by atoms with Gasteiger partial charge in [-0.3, -0.25) is 4.79 Å². The van der Waals surface area contributed by atoms with Crippen LogP contribution in [0.5, 0.6) is 5.75 Å². The van der Waals surface area contributed by atoms with Crippen molar-refractivity contribution in [3.63, 3.8) is 0 Å². The summed E-state index contributed by atoms with van der Waals surface area (Å²) in [5, 5.41) is 9.98. The molecule has 2 N–H and O–H groups in total. The number of halogens is 3. The van der Waals surface area contributed by atoms with Crippen LogP contribution in [0, 0.1) is 0 Å². The minimum absolute atomic E-state index is 0.167. The number of nitrogens with one attached hydrogen (secondary N) is 1. The number of carboxylic acids is 1. The number of carboxylic acid groups (broad SMARTS) is 1. The summed E-state index contributed by atoms with van der Waals surface area (Å²) >= 11 is 0.304. The highest BCUT2D eigenvalue weighted by Gasteiger charge is 2.33. The number of esters is 1. The number of alkyl halides is 3. The number of benzene rings is 2. The second-order valence-electron chi connectivity index (χ2n) is 6.52. The van der Waals surface area contributed by atoms with Crippen LogP contribution in [0.25, 0.3) is 0 Å². The van der Waals surface area contributed by atoms with Crippen molar-refractivity contribution in [2.75, 3.05) is 5.75 Å². The zero-order valence-electron chi connectivity index (χ0n) is 17.0. The maximum absolute atomic E-state index is 13.1. The molecule has 33 heavy (non-hydrogen) atoms. The van der Waals surface area contributed by atoms with Gasteiger partial charge in [-0.25, -0.2) is 14.4 Å². The van der Waals surface area contributed by atoms with E-state index in [0.717, 1.165) is 13.0 Å². The molecular formula is C21H18F3NO7S. The second kappa shape index (κ2) is 11.4. The molecule has 0 aliphatic heterocycles. The van der Waals surface area contributed by atoms with Crippen molar-refractivity contribution in [3.05, 3.63) is 65.2 Å². The highest BCUT2D eigenvalue weighted by Crippen LogP contribution is 2.34. The van der Waals surface area contributed by atoms with E-state index in [1.807, 2.05) is 0 Å². The molecule has 2 aromatic carbocycles. The van der Waals surface area contributed by atoms with Crippen LogP contribution in [0.2, 0.25) is 0 Å². The van der Waals surface area contributed by atoms with Gasteiger partial charge in [-0.05, 0) is 35.5 Å². The minimum Gasteiger partial charge on any atom is -0.480 e. The Labute approximate surface area is 190 Å². The third kappa shape index (κ3) is 8.15. The number of ether oxygens (including phenoxy) is 2. The average molecular weight is 485 g/mol. The molecule has 0 aromatic heterocycles. The fourth-order valence-electron chi connectivity index (χ4n) is 2.44. The topological polar surface area (TPSA) is 119 Å². The maximum atomic E-state index is 13.1. The third-order valence-corrected chi connectivity index (χ3v) is 4.80. The number of thioether (sulfide) groups is 1. The number of carbonyl (C=O) groups is 4. The second-order valence-corrected chi connectivity index (χ2v) is 7.48. The summed E-state index contributed by atoms with van der Waals surface area (Å²) in [7, 11) is 0. The van der Waals surface area contributed by atoms with Crippen LogP contribution in [-0.4, -0.2) is 40.0 Å². The van der Waals surface area contributed by atoms with E-state index in [-0.39, 0.29) is 6.61 Å². The fraction of sp³-hybridized carbons (Fsp3) is 0.238. The Hall–Kier alpha value is -3.54. The van der Waals surface area contributed by atoms with Crippen molar-refractivity contribution >= 4 is 34.9 Å². The number of hydrogen-bond donors (Lipinski definition) is 2. The standard InChI is InChI=1S/C21H18F3NO7S/c1-12(26)25-16(18(27)28)11-33-20(30)32-17-9-14(21(22,23)24)7-8-15(17)19(29)31-10-13-5-3-2-4-6-13/h2-9,16H,10-11H2,1H3,(H,25,26)(H,27,28). The van der Waals surface area contributed by atoms with Crippen molar-refractivity contribution in [2.24, 2.45) is 0 Å². The summed E-state index contributed by atoms with van der Waals surface area (Å²) in [5.74, 6) is -4.26. The van der Waals surface area contributed by atoms with Crippen LogP contribution in [-0.2, 0) is 27.1 Å². The predicted octanol–water partition coefficient (Wildman–Crippen LogP) is 3.88. The first-order valence-electron chi connectivity index (χ1n) is 9.24. The molecule has 0 saturated heterocycles. The Morgan fingerprint density at radius 3 is 2.33 bits per heavy atom. The van der Waals surface area contributed by atoms with Crippen LogP contribution in [0.15, 0.2) is 48.5 Å². The van der Waals surface area contributed by atoms with Gasteiger partial charge in [-0.15, -0.1) is 0 Å². The Balaban J connectivity index is 2.18. The Morgan fingerprint density at radius 2 is 1.76 bits per heavy atom. The van der Waals surface area contributed by atoms with Crippen molar-refractivity contribution in [3.8, 4) is 5.75 Å². The molecule has 2 rings (SSSR count). The van der Waals surface area contributed by atoms with Gasteiger partial charge in [0.15, 0.2) is 0 Å². The van der Waals surface area contributed by atoms with Crippen molar-refractivity contribution < 1.29 is 46.9 Å². The number of aliphatic carboxylic acids is 1. The zero-order valence-corrected chi connectivity index (χ0v) is 17.9. The number of amides is 1. The van der Waals surface area contributed by atoms with E-state index < -0.39 is 58.0 Å².